The largest absolute Gasteiger partial charge is 0.508 e. The molecule has 2 aromatic carbocycles. The first-order valence-electron chi connectivity index (χ1n) is 12.7. The van der Waals surface area contributed by atoms with Crippen LogP contribution in [0.2, 0.25) is 0 Å². The van der Waals surface area contributed by atoms with Gasteiger partial charge in [-0.25, -0.2) is 4.79 Å². The molecule has 2 aromatic rings. The number of phenolic OH excluding ortho intramolecular Hbond substituents is 1. The number of allylic oxidation sites excluding steroid dienone is 3. The Bertz CT molecular complexity index is 1310. The van der Waals surface area contributed by atoms with Gasteiger partial charge in [-0.1, -0.05) is 36.4 Å². The molecule has 2 atom stereocenters. The van der Waals surface area contributed by atoms with Crippen LogP contribution in [-0.2, 0) is 19.1 Å². The molecular weight excluding hydrogens is 466 g/mol. The van der Waals surface area contributed by atoms with Crippen LogP contribution in [0.4, 0.5) is 0 Å². The van der Waals surface area contributed by atoms with Crippen molar-refractivity contribution < 1.29 is 24.2 Å². The topological polar surface area (TPSA) is 84.9 Å². The molecule has 2 unspecified atom stereocenters. The molecule has 0 spiro atoms. The van der Waals surface area contributed by atoms with Gasteiger partial charge in [-0.05, 0) is 81.3 Å². The van der Waals surface area contributed by atoms with E-state index in [1.807, 2.05) is 6.07 Å². The summed E-state index contributed by atoms with van der Waals surface area (Å²) in [6, 6.07) is 11.0. The van der Waals surface area contributed by atoms with Crippen LogP contribution in [-0.4, -0.2) is 30.1 Å². The van der Waals surface area contributed by atoms with Gasteiger partial charge in [0.15, 0.2) is 5.78 Å². The molecule has 1 aliphatic carbocycles. The van der Waals surface area contributed by atoms with Crippen molar-refractivity contribution >= 4 is 11.8 Å². The molecular formula is C31H35NO5. The van der Waals surface area contributed by atoms with Gasteiger partial charge in [-0.3, -0.25) is 4.79 Å². The molecule has 6 nitrogen and oxygen atoms in total. The van der Waals surface area contributed by atoms with E-state index in [-0.39, 0.29) is 30.7 Å². The maximum absolute atomic E-state index is 13.9. The van der Waals surface area contributed by atoms with E-state index in [0.29, 0.717) is 41.0 Å². The summed E-state index contributed by atoms with van der Waals surface area (Å²) in [6.07, 6.45) is 0.960. The number of nitrogens with one attached hydrogen (secondary N) is 1. The zero-order valence-electron chi connectivity index (χ0n) is 22.2. The Kier molecular flexibility index (Phi) is 7.58. The van der Waals surface area contributed by atoms with Crippen LogP contribution >= 0.6 is 0 Å². The first-order chi connectivity index (χ1) is 17.6. The molecule has 2 N–H and O–H groups in total. The summed E-state index contributed by atoms with van der Waals surface area (Å²) in [5.74, 6) is -0.636. The van der Waals surface area contributed by atoms with E-state index in [0.717, 1.165) is 5.70 Å². The van der Waals surface area contributed by atoms with Gasteiger partial charge in [0.05, 0.1) is 23.6 Å². The minimum Gasteiger partial charge on any atom is -0.508 e. The van der Waals surface area contributed by atoms with Crippen molar-refractivity contribution in [3.8, 4) is 5.75 Å². The number of aryl methyl sites for hydroxylation is 3. The molecule has 4 rings (SSSR count). The maximum Gasteiger partial charge on any atom is 0.336 e. The standard InChI is InChI=1S/C31H35NO5/c1-7-36-31(35)30-25(16-37-17(2)3)32-24-14-22(27-19(5)11-18(4)12-20(27)6)15-26(34)29(24)28(30)21-9-8-10-23(33)13-21/h8-13,22,28,32-33H,2,7,14-16H2,1,3-6H3. The first-order valence-corrected chi connectivity index (χ1v) is 12.7. The number of Topliss-reactive ketones (excluding diaryl/α,β-unsaturated/α-hetero) is 1. The zero-order chi connectivity index (χ0) is 26.9. The zero-order valence-corrected chi connectivity index (χ0v) is 22.2. The predicted molar refractivity (Wildman–Crippen MR) is 143 cm³/mol. The number of benzene rings is 2. The summed E-state index contributed by atoms with van der Waals surface area (Å²) in [5, 5.41) is 13.7. The van der Waals surface area contributed by atoms with Crippen LogP contribution in [0.5, 0.6) is 5.75 Å². The number of ketones is 1. The maximum atomic E-state index is 13.9. The van der Waals surface area contributed by atoms with Gasteiger partial charge >= 0.3 is 5.97 Å². The van der Waals surface area contributed by atoms with Gasteiger partial charge in [-0.2, -0.15) is 0 Å². The van der Waals surface area contributed by atoms with Crippen molar-refractivity contribution in [2.75, 3.05) is 13.2 Å². The summed E-state index contributed by atoms with van der Waals surface area (Å²) in [5.41, 5.74) is 7.58. The Labute approximate surface area is 218 Å². The number of carbonyl (C=O) groups excluding carboxylic acids is 2. The third-order valence-electron chi connectivity index (χ3n) is 7.02. The summed E-state index contributed by atoms with van der Waals surface area (Å²) in [6.45, 7) is 13.8. The highest BCUT2D eigenvalue weighted by molar-refractivity contribution is 6.04. The summed E-state index contributed by atoms with van der Waals surface area (Å²) < 4.78 is 11.2. The molecule has 1 aliphatic heterocycles. The average molecular weight is 502 g/mol. The number of hydrogen-bond acceptors (Lipinski definition) is 6. The Morgan fingerprint density at radius 2 is 1.81 bits per heavy atom. The SMILES string of the molecule is C=C(C)OCC1=C(C(=O)OCC)C(c2cccc(O)c2)C2=C(CC(c3c(C)cc(C)cc3C)CC2=O)N1. The van der Waals surface area contributed by atoms with Gasteiger partial charge in [0.25, 0.3) is 0 Å². The summed E-state index contributed by atoms with van der Waals surface area (Å²) in [4.78, 5) is 27.2. The quantitative estimate of drug-likeness (QED) is 0.370. The first kappa shape index (κ1) is 26.3. The molecule has 0 fully saturated rings. The number of rotatable bonds is 7. The summed E-state index contributed by atoms with van der Waals surface area (Å²) in [7, 11) is 0. The van der Waals surface area contributed by atoms with E-state index in [9.17, 15) is 14.7 Å². The van der Waals surface area contributed by atoms with Gasteiger partial charge in [0, 0.05) is 23.6 Å². The monoisotopic (exact) mass is 501 g/mol. The fraction of sp³-hybridized carbons (Fsp3) is 0.355. The fourth-order valence-electron chi connectivity index (χ4n) is 5.79. The molecule has 1 heterocycles. The van der Waals surface area contributed by atoms with Crippen LogP contribution in [0.15, 0.2) is 71.3 Å². The molecule has 194 valence electrons. The Hall–Kier alpha value is -3.80. The van der Waals surface area contributed by atoms with Gasteiger partial charge in [0.1, 0.15) is 12.4 Å². The van der Waals surface area contributed by atoms with Gasteiger partial charge in [0.2, 0.25) is 0 Å². The van der Waals surface area contributed by atoms with E-state index >= 15 is 0 Å². The minimum atomic E-state index is -0.681. The lowest BCUT2D eigenvalue weighted by molar-refractivity contribution is -0.138. The highest BCUT2D eigenvalue weighted by atomic mass is 16.5. The molecule has 0 saturated carbocycles. The second-order valence-corrected chi connectivity index (χ2v) is 9.99. The third-order valence-corrected chi connectivity index (χ3v) is 7.02. The number of aromatic hydroxyl groups is 1. The summed E-state index contributed by atoms with van der Waals surface area (Å²) >= 11 is 0. The Morgan fingerprint density at radius 1 is 1.11 bits per heavy atom. The van der Waals surface area contributed by atoms with Crippen molar-refractivity contribution in [1.29, 1.82) is 0 Å². The molecule has 0 amide bonds. The van der Waals surface area contributed by atoms with Crippen LogP contribution in [0.1, 0.15) is 66.3 Å². The van der Waals surface area contributed by atoms with Gasteiger partial charge < -0.3 is 19.9 Å². The van der Waals surface area contributed by atoms with Crippen molar-refractivity contribution in [3.05, 3.63) is 99.1 Å². The number of esters is 1. The van der Waals surface area contributed by atoms with Crippen LogP contribution in [0.25, 0.3) is 0 Å². The van der Waals surface area contributed by atoms with Crippen LogP contribution in [0, 0.1) is 20.8 Å². The third kappa shape index (κ3) is 5.33. The normalized spacial score (nSPS) is 19.3. The predicted octanol–water partition coefficient (Wildman–Crippen LogP) is 5.77. The Balaban J connectivity index is 1.87. The number of phenols is 1. The molecule has 2 aliphatic rings. The Morgan fingerprint density at radius 3 is 2.43 bits per heavy atom. The number of dihydropyridines is 1. The van der Waals surface area contributed by atoms with Gasteiger partial charge in [-0.15, -0.1) is 0 Å². The molecule has 0 bridgehead atoms. The fourth-order valence-corrected chi connectivity index (χ4v) is 5.79. The smallest absolute Gasteiger partial charge is 0.336 e. The van der Waals surface area contributed by atoms with E-state index in [2.05, 4.69) is 44.8 Å². The molecule has 37 heavy (non-hydrogen) atoms. The van der Waals surface area contributed by atoms with Crippen molar-refractivity contribution in [2.24, 2.45) is 0 Å². The minimum absolute atomic E-state index is 0.0108. The second-order valence-electron chi connectivity index (χ2n) is 9.99. The van der Waals surface area contributed by atoms with E-state index < -0.39 is 11.9 Å². The van der Waals surface area contributed by atoms with Crippen LogP contribution < -0.4 is 5.32 Å². The lowest BCUT2D eigenvalue weighted by Gasteiger charge is -2.38. The van der Waals surface area contributed by atoms with Crippen molar-refractivity contribution in [1.82, 2.24) is 5.32 Å². The highest BCUT2D eigenvalue weighted by Gasteiger charge is 2.42. The van der Waals surface area contributed by atoms with E-state index in [1.54, 1.807) is 32.0 Å². The van der Waals surface area contributed by atoms with Crippen molar-refractivity contribution in [3.63, 3.8) is 0 Å². The van der Waals surface area contributed by atoms with E-state index in [4.69, 9.17) is 9.47 Å². The molecule has 0 radical (unpaired) electrons. The van der Waals surface area contributed by atoms with Crippen LogP contribution in [0.3, 0.4) is 0 Å². The average Bonchev–Trinajstić information content (AvgIpc) is 2.81. The lowest BCUT2D eigenvalue weighted by atomic mass is 9.70. The second kappa shape index (κ2) is 10.7. The van der Waals surface area contributed by atoms with E-state index in [1.165, 1.54) is 22.3 Å². The molecule has 6 heteroatoms. The highest BCUT2D eigenvalue weighted by Crippen LogP contribution is 2.47. The number of ether oxygens (including phenoxy) is 2. The number of hydrogen-bond donors (Lipinski definition) is 2. The number of carbonyl (C=O) groups is 2. The van der Waals surface area contributed by atoms with Crippen molar-refractivity contribution in [2.45, 2.75) is 59.3 Å². The molecule has 0 aromatic heterocycles. The lowest BCUT2D eigenvalue weighted by Crippen LogP contribution is -2.38. The molecule has 0 saturated heterocycles.